The molecular formula is C12H17N3. The Morgan fingerprint density at radius 3 is 2.80 bits per heavy atom. The lowest BCUT2D eigenvalue weighted by atomic mass is 9.84. The highest BCUT2D eigenvalue weighted by Gasteiger charge is 2.22. The van der Waals surface area contributed by atoms with Crippen LogP contribution < -0.4 is 11.5 Å². The van der Waals surface area contributed by atoms with Gasteiger partial charge in [0.05, 0.1) is 5.69 Å². The van der Waals surface area contributed by atoms with Gasteiger partial charge < -0.3 is 11.5 Å². The molecule has 1 aromatic rings. The van der Waals surface area contributed by atoms with E-state index in [2.05, 4.69) is 18.0 Å². The van der Waals surface area contributed by atoms with Crippen molar-refractivity contribution in [2.75, 3.05) is 5.73 Å². The van der Waals surface area contributed by atoms with Crippen LogP contribution in [0.15, 0.2) is 24.3 Å². The summed E-state index contributed by atoms with van der Waals surface area (Å²) in [5.41, 5.74) is 13.9. The number of hydrogen-bond acceptors (Lipinski definition) is 3. The van der Waals surface area contributed by atoms with Crippen LogP contribution in [0.3, 0.4) is 0 Å². The number of nitrogens with zero attached hydrogens (tertiary/aromatic N) is 1. The molecule has 0 amide bonds. The van der Waals surface area contributed by atoms with Crippen molar-refractivity contribution in [2.24, 2.45) is 5.73 Å². The van der Waals surface area contributed by atoms with Crippen LogP contribution in [0, 0.1) is 0 Å². The normalized spacial score (nSPS) is 26.1. The van der Waals surface area contributed by atoms with Crippen molar-refractivity contribution in [3.8, 4) is 0 Å². The van der Waals surface area contributed by atoms with Crippen LogP contribution in [0.25, 0.3) is 5.57 Å². The van der Waals surface area contributed by atoms with E-state index in [0.29, 0.717) is 5.82 Å². The summed E-state index contributed by atoms with van der Waals surface area (Å²) in [6.45, 7) is 2.09. The molecule has 0 radical (unpaired) electrons. The molecule has 15 heavy (non-hydrogen) atoms. The van der Waals surface area contributed by atoms with Crippen LogP contribution >= 0.6 is 0 Å². The molecule has 0 aliphatic heterocycles. The van der Waals surface area contributed by atoms with Crippen LogP contribution in [0.5, 0.6) is 0 Å². The standard InChI is InChI=1S/C12H17N3/c1-12(14)7-5-9(6-8-12)10-3-2-4-11(13)15-10/h2-5H,6-8,14H2,1H3,(H2,13,15). The molecule has 1 aliphatic carbocycles. The Kier molecular flexibility index (Phi) is 2.49. The molecule has 0 spiro atoms. The molecule has 2 rings (SSSR count). The second kappa shape index (κ2) is 3.66. The van der Waals surface area contributed by atoms with Gasteiger partial charge in [-0.2, -0.15) is 0 Å². The Balaban J connectivity index is 2.23. The Hall–Kier alpha value is -1.35. The smallest absolute Gasteiger partial charge is 0.124 e. The van der Waals surface area contributed by atoms with Crippen molar-refractivity contribution in [1.29, 1.82) is 0 Å². The summed E-state index contributed by atoms with van der Waals surface area (Å²) in [5.74, 6) is 0.578. The zero-order valence-corrected chi connectivity index (χ0v) is 9.03. The predicted octanol–water partition coefficient (Wildman–Crippen LogP) is 1.95. The van der Waals surface area contributed by atoms with Gasteiger partial charge >= 0.3 is 0 Å². The molecule has 0 bridgehead atoms. The Morgan fingerprint density at radius 2 is 2.20 bits per heavy atom. The first kappa shape index (κ1) is 10.2. The molecule has 1 aliphatic rings. The van der Waals surface area contributed by atoms with Crippen molar-refractivity contribution >= 4 is 11.4 Å². The number of nitrogen functional groups attached to an aromatic ring is 1. The van der Waals surface area contributed by atoms with E-state index in [0.717, 1.165) is 25.0 Å². The number of aromatic nitrogens is 1. The van der Waals surface area contributed by atoms with E-state index in [-0.39, 0.29) is 5.54 Å². The minimum Gasteiger partial charge on any atom is -0.384 e. The summed E-state index contributed by atoms with van der Waals surface area (Å²) in [6, 6.07) is 5.75. The molecule has 0 saturated carbocycles. The quantitative estimate of drug-likeness (QED) is 0.733. The molecule has 80 valence electrons. The number of rotatable bonds is 1. The first-order valence-electron chi connectivity index (χ1n) is 5.28. The third-order valence-electron chi connectivity index (χ3n) is 2.88. The van der Waals surface area contributed by atoms with E-state index in [1.54, 1.807) is 6.07 Å². The van der Waals surface area contributed by atoms with Crippen molar-refractivity contribution in [1.82, 2.24) is 4.98 Å². The van der Waals surface area contributed by atoms with Gasteiger partial charge in [-0.25, -0.2) is 4.98 Å². The average molecular weight is 203 g/mol. The molecule has 4 N–H and O–H groups in total. The SMILES string of the molecule is CC1(N)CC=C(c2cccc(N)n2)CC1. The lowest BCUT2D eigenvalue weighted by Gasteiger charge is -2.28. The Labute approximate surface area is 90.2 Å². The molecule has 3 heteroatoms. The van der Waals surface area contributed by atoms with E-state index in [1.807, 2.05) is 12.1 Å². The highest BCUT2D eigenvalue weighted by Crippen LogP contribution is 2.30. The van der Waals surface area contributed by atoms with Crippen LogP contribution in [-0.4, -0.2) is 10.5 Å². The van der Waals surface area contributed by atoms with Gasteiger partial charge in [-0.15, -0.1) is 0 Å². The molecule has 1 unspecified atom stereocenters. The summed E-state index contributed by atoms with van der Waals surface area (Å²) < 4.78 is 0. The molecule has 0 aromatic carbocycles. The maximum Gasteiger partial charge on any atom is 0.124 e. The Morgan fingerprint density at radius 1 is 1.40 bits per heavy atom. The largest absolute Gasteiger partial charge is 0.384 e. The van der Waals surface area contributed by atoms with E-state index in [4.69, 9.17) is 11.5 Å². The molecule has 0 saturated heterocycles. The lowest BCUT2D eigenvalue weighted by Crippen LogP contribution is -2.37. The fraction of sp³-hybridized carbons (Fsp3) is 0.417. The third-order valence-corrected chi connectivity index (χ3v) is 2.88. The van der Waals surface area contributed by atoms with Crippen molar-refractivity contribution in [2.45, 2.75) is 31.7 Å². The highest BCUT2D eigenvalue weighted by atomic mass is 14.8. The van der Waals surface area contributed by atoms with Crippen LogP contribution in [0.4, 0.5) is 5.82 Å². The van der Waals surface area contributed by atoms with E-state index in [9.17, 15) is 0 Å². The minimum absolute atomic E-state index is 0.0518. The number of hydrogen-bond donors (Lipinski definition) is 2. The van der Waals surface area contributed by atoms with Gasteiger partial charge in [0.15, 0.2) is 0 Å². The molecule has 1 atom stereocenters. The summed E-state index contributed by atoms with van der Waals surface area (Å²) in [5, 5.41) is 0. The van der Waals surface area contributed by atoms with E-state index < -0.39 is 0 Å². The number of nitrogens with two attached hydrogens (primary N) is 2. The molecule has 1 aromatic heterocycles. The minimum atomic E-state index is -0.0518. The van der Waals surface area contributed by atoms with Crippen LogP contribution in [0.1, 0.15) is 31.9 Å². The van der Waals surface area contributed by atoms with Crippen LogP contribution in [0.2, 0.25) is 0 Å². The lowest BCUT2D eigenvalue weighted by molar-refractivity contribution is 0.432. The number of anilines is 1. The first-order valence-corrected chi connectivity index (χ1v) is 5.28. The summed E-state index contributed by atoms with van der Waals surface area (Å²) >= 11 is 0. The second-order valence-corrected chi connectivity index (χ2v) is 4.54. The molecule has 1 heterocycles. The van der Waals surface area contributed by atoms with Gasteiger partial charge in [0.25, 0.3) is 0 Å². The first-order chi connectivity index (χ1) is 7.07. The zero-order valence-electron chi connectivity index (χ0n) is 9.03. The molecule has 0 fully saturated rings. The maximum absolute atomic E-state index is 6.06. The van der Waals surface area contributed by atoms with Gasteiger partial charge in [0, 0.05) is 5.54 Å². The highest BCUT2D eigenvalue weighted by molar-refractivity contribution is 5.64. The number of allylic oxidation sites excluding steroid dienone is 1. The van der Waals surface area contributed by atoms with E-state index in [1.165, 1.54) is 5.57 Å². The van der Waals surface area contributed by atoms with Crippen molar-refractivity contribution < 1.29 is 0 Å². The monoisotopic (exact) mass is 203 g/mol. The fourth-order valence-electron chi connectivity index (χ4n) is 1.84. The topological polar surface area (TPSA) is 64.9 Å². The third kappa shape index (κ3) is 2.36. The van der Waals surface area contributed by atoms with Gasteiger partial charge in [0.2, 0.25) is 0 Å². The van der Waals surface area contributed by atoms with Crippen molar-refractivity contribution in [3.63, 3.8) is 0 Å². The Bertz CT molecular complexity index is 394. The summed E-state index contributed by atoms with van der Waals surface area (Å²) in [6.07, 6.45) is 5.10. The van der Waals surface area contributed by atoms with Crippen molar-refractivity contribution in [3.05, 3.63) is 30.0 Å². The molecular weight excluding hydrogens is 186 g/mol. The van der Waals surface area contributed by atoms with Gasteiger partial charge in [-0.1, -0.05) is 12.1 Å². The number of pyridine rings is 1. The van der Waals surface area contributed by atoms with Crippen LogP contribution in [-0.2, 0) is 0 Å². The van der Waals surface area contributed by atoms with Gasteiger partial charge in [-0.05, 0) is 43.9 Å². The predicted molar refractivity (Wildman–Crippen MR) is 63.1 cm³/mol. The zero-order chi connectivity index (χ0) is 10.9. The second-order valence-electron chi connectivity index (χ2n) is 4.54. The summed E-state index contributed by atoms with van der Waals surface area (Å²) in [7, 11) is 0. The fourth-order valence-corrected chi connectivity index (χ4v) is 1.84. The van der Waals surface area contributed by atoms with Gasteiger partial charge in [0.1, 0.15) is 5.82 Å². The van der Waals surface area contributed by atoms with E-state index >= 15 is 0 Å². The molecule has 3 nitrogen and oxygen atoms in total. The maximum atomic E-state index is 6.06. The average Bonchev–Trinajstić information content (AvgIpc) is 2.17. The summed E-state index contributed by atoms with van der Waals surface area (Å²) in [4.78, 5) is 4.31. The van der Waals surface area contributed by atoms with Gasteiger partial charge in [-0.3, -0.25) is 0 Å².